The molecule has 0 aromatic rings. The first-order valence-electron chi connectivity index (χ1n) is 9.27. The number of carbonyl (C=O) groups excluding carboxylic acids is 3. The Morgan fingerprint density at radius 2 is 2.04 bits per heavy atom. The molecule has 25 heavy (non-hydrogen) atoms. The van der Waals surface area contributed by atoms with Gasteiger partial charge in [-0.05, 0) is 50.5 Å². The Bertz CT molecular complexity index is 594. The summed E-state index contributed by atoms with van der Waals surface area (Å²) in [5.41, 5.74) is 6.23. The molecule has 1 saturated heterocycles. The Morgan fingerprint density at radius 1 is 1.36 bits per heavy atom. The molecule has 2 amide bonds. The lowest BCUT2D eigenvalue weighted by Crippen LogP contribution is -2.58. The molecule has 0 unspecified atom stereocenters. The average Bonchev–Trinajstić information content (AvgIpc) is 2.56. The van der Waals surface area contributed by atoms with Gasteiger partial charge in [0.25, 0.3) is 0 Å². The van der Waals surface area contributed by atoms with Gasteiger partial charge in [-0.1, -0.05) is 32.1 Å². The van der Waals surface area contributed by atoms with Crippen LogP contribution < -0.4 is 5.73 Å². The number of primary amides is 1. The van der Waals surface area contributed by atoms with Crippen molar-refractivity contribution in [2.45, 2.75) is 64.8 Å². The van der Waals surface area contributed by atoms with Crippen LogP contribution in [0.1, 0.15) is 58.8 Å². The number of nitrogens with two attached hydrogens (primary N) is 1. The fourth-order valence-electron chi connectivity index (χ4n) is 4.28. The average molecular weight is 346 g/mol. The number of likely N-dealkylation sites (tertiary alicyclic amines) is 1. The first kappa shape index (κ1) is 19.4. The van der Waals surface area contributed by atoms with E-state index in [0.29, 0.717) is 19.4 Å². The fraction of sp³-hybridized carbons (Fsp3) is 0.650. The summed E-state index contributed by atoms with van der Waals surface area (Å²) < 4.78 is 0. The molecule has 0 aromatic carbocycles. The van der Waals surface area contributed by atoms with Gasteiger partial charge in [-0.15, -0.1) is 0 Å². The van der Waals surface area contributed by atoms with Crippen LogP contribution in [0.15, 0.2) is 24.3 Å². The van der Waals surface area contributed by atoms with Crippen LogP contribution in [0.2, 0.25) is 0 Å². The lowest BCUT2D eigenvalue weighted by Gasteiger charge is -2.45. The van der Waals surface area contributed by atoms with Crippen LogP contribution in [0.5, 0.6) is 0 Å². The lowest BCUT2D eigenvalue weighted by molar-refractivity contribution is -0.151. The van der Waals surface area contributed by atoms with Crippen LogP contribution in [0.4, 0.5) is 0 Å². The van der Waals surface area contributed by atoms with Gasteiger partial charge in [0, 0.05) is 13.0 Å². The number of carbonyl (C=O) groups is 3. The molecule has 2 rings (SSSR count). The van der Waals surface area contributed by atoms with E-state index in [1.54, 1.807) is 4.90 Å². The maximum absolute atomic E-state index is 13.3. The van der Waals surface area contributed by atoms with Crippen LogP contribution in [0, 0.1) is 11.3 Å². The molecular weight excluding hydrogens is 316 g/mol. The zero-order chi connectivity index (χ0) is 18.6. The summed E-state index contributed by atoms with van der Waals surface area (Å²) in [5, 5.41) is 0. The van der Waals surface area contributed by atoms with Gasteiger partial charge in [-0.25, -0.2) is 0 Å². The maximum Gasteiger partial charge on any atom is 0.240 e. The normalized spacial score (nSPS) is 25.0. The van der Waals surface area contributed by atoms with Crippen LogP contribution in [-0.4, -0.2) is 35.1 Å². The molecule has 1 spiro atoms. The Kier molecular flexibility index (Phi) is 6.20. The molecule has 2 aliphatic rings. The van der Waals surface area contributed by atoms with Gasteiger partial charge < -0.3 is 10.6 Å². The van der Waals surface area contributed by atoms with E-state index in [0.717, 1.165) is 32.1 Å². The summed E-state index contributed by atoms with van der Waals surface area (Å²) in [6.07, 6.45) is 8.95. The highest BCUT2D eigenvalue weighted by Crippen LogP contribution is 2.44. The third-order valence-electron chi connectivity index (χ3n) is 5.49. The Balaban J connectivity index is 2.23. The molecule has 1 aliphatic carbocycles. The number of ketones is 1. The van der Waals surface area contributed by atoms with E-state index in [1.807, 2.05) is 13.8 Å². The molecule has 138 valence electrons. The number of amides is 2. The molecule has 5 heteroatoms. The molecule has 1 aliphatic heterocycles. The molecule has 5 nitrogen and oxygen atoms in total. The highest BCUT2D eigenvalue weighted by atomic mass is 16.2. The number of nitrogens with zero attached hydrogens (tertiary/aromatic N) is 1. The number of allylic oxidation sites excluding steroid dienone is 2. The van der Waals surface area contributed by atoms with Crippen molar-refractivity contribution in [2.24, 2.45) is 17.1 Å². The Hall–Kier alpha value is -1.91. The van der Waals surface area contributed by atoms with Gasteiger partial charge in [-0.2, -0.15) is 0 Å². The molecule has 1 heterocycles. The first-order chi connectivity index (χ1) is 11.8. The Morgan fingerprint density at radius 3 is 2.64 bits per heavy atom. The number of piperidine rings is 1. The zero-order valence-electron chi connectivity index (χ0n) is 15.4. The summed E-state index contributed by atoms with van der Waals surface area (Å²) in [7, 11) is 0. The molecule has 2 N–H and O–H groups in total. The minimum Gasteiger partial charge on any atom is -0.368 e. The minimum absolute atomic E-state index is 0.00569. The minimum atomic E-state index is -0.550. The molecule has 1 fully saturated rings. The second-order valence-corrected chi connectivity index (χ2v) is 7.68. The number of rotatable bonds is 7. The molecule has 0 radical (unpaired) electrons. The molecule has 2 atom stereocenters. The van der Waals surface area contributed by atoms with E-state index in [1.165, 1.54) is 11.6 Å². The quantitative estimate of drug-likeness (QED) is 0.568. The van der Waals surface area contributed by atoms with E-state index >= 15 is 0 Å². The summed E-state index contributed by atoms with van der Waals surface area (Å²) in [4.78, 5) is 38.4. The van der Waals surface area contributed by atoms with Gasteiger partial charge in [0.1, 0.15) is 6.04 Å². The summed E-state index contributed by atoms with van der Waals surface area (Å²) in [6, 6.07) is -0.550. The van der Waals surface area contributed by atoms with Crippen molar-refractivity contribution < 1.29 is 14.4 Å². The first-order valence-corrected chi connectivity index (χ1v) is 9.27. The van der Waals surface area contributed by atoms with Crippen molar-refractivity contribution in [1.29, 1.82) is 0 Å². The van der Waals surface area contributed by atoms with Gasteiger partial charge in [0.2, 0.25) is 11.8 Å². The van der Waals surface area contributed by atoms with Crippen molar-refractivity contribution in [3.05, 3.63) is 24.3 Å². The molecule has 0 saturated carbocycles. The summed E-state index contributed by atoms with van der Waals surface area (Å²) >= 11 is 0. The standard InChI is InChI=1S/C20H30N2O3/c1-4-16(23)9-8-15-7-5-10-20(13-15)11-6-12-22(19(20)25)17(14(2)3)18(21)24/h4,13-14,17H,1,5-12H2,2-3H3,(H2,21,24)/t17-,20+/m0/s1. The van der Waals surface area contributed by atoms with E-state index in [9.17, 15) is 14.4 Å². The van der Waals surface area contributed by atoms with Crippen LogP contribution in [0.3, 0.4) is 0 Å². The van der Waals surface area contributed by atoms with Crippen LogP contribution in [-0.2, 0) is 14.4 Å². The number of hydrogen-bond donors (Lipinski definition) is 1. The second-order valence-electron chi connectivity index (χ2n) is 7.68. The smallest absolute Gasteiger partial charge is 0.240 e. The van der Waals surface area contributed by atoms with Crippen molar-refractivity contribution in [1.82, 2.24) is 4.90 Å². The topological polar surface area (TPSA) is 80.5 Å². The third kappa shape index (κ3) is 4.20. The fourth-order valence-corrected chi connectivity index (χ4v) is 4.28. The predicted molar refractivity (Wildman–Crippen MR) is 97.6 cm³/mol. The van der Waals surface area contributed by atoms with E-state index in [-0.39, 0.29) is 17.6 Å². The maximum atomic E-state index is 13.3. The Labute approximate surface area is 150 Å². The van der Waals surface area contributed by atoms with Gasteiger partial charge in [0.05, 0.1) is 5.41 Å². The zero-order valence-corrected chi connectivity index (χ0v) is 15.4. The van der Waals surface area contributed by atoms with Crippen LogP contribution >= 0.6 is 0 Å². The third-order valence-corrected chi connectivity index (χ3v) is 5.49. The van der Waals surface area contributed by atoms with Crippen molar-refractivity contribution >= 4 is 17.6 Å². The largest absolute Gasteiger partial charge is 0.368 e. The number of hydrogen-bond acceptors (Lipinski definition) is 3. The van der Waals surface area contributed by atoms with Crippen molar-refractivity contribution in [3.8, 4) is 0 Å². The molecule has 0 aromatic heterocycles. The van der Waals surface area contributed by atoms with E-state index < -0.39 is 17.4 Å². The molecule has 0 bridgehead atoms. The van der Waals surface area contributed by atoms with Gasteiger partial charge >= 0.3 is 0 Å². The molecular formula is C20H30N2O3. The van der Waals surface area contributed by atoms with Crippen LogP contribution in [0.25, 0.3) is 0 Å². The summed E-state index contributed by atoms with van der Waals surface area (Å²) in [5.74, 6) is -0.375. The monoisotopic (exact) mass is 346 g/mol. The van der Waals surface area contributed by atoms with Crippen molar-refractivity contribution in [2.75, 3.05) is 6.54 Å². The van der Waals surface area contributed by atoms with E-state index in [4.69, 9.17) is 5.73 Å². The summed E-state index contributed by atoms with van der Waals surface area (Å²) in [6.45, 7) is 7.94. The van der Waals surface area contributed by atoms with E-state index in [2.05, 4.69) is 12.7 Å². The SMILES string of the molecule is C=CC(=O)CCC1=C[C@@]2(CCC1)CCCN([C@H](C(N)=O)C(C)C)C2=O. The predicted octanol–water partition coefficient (Wildman–Crippen LogP) is 2.75. The highest BCUT2D eigenvalue weighted by molar-refractivity contribution is 5.91. The van der Waals surface area contributed by atoms with Gasteiger partial charge in [0.15, 0.2) is 5.78 Å². The second kappa shape index (κ2) is 7.98. The van der Waals surface area contributed by atoms with Crippen molar-refractivity contribution in [3.63, 3.8) is 0 Å². The van der Waals surface area contributed by atoms with Gasteiger partial charge in [-0.3, -0.25) is 14.4 Å². The lowest BCUT2D eigenvalue weighted by atomic mass is 9.69. The highest BCUT2D eigenvalue weighted by Gasteiger charge is 2.46.